The number of amides is 1. The van der Waals surface area contributed by atoms with E-state index in [4.69, 9.17) is 0 Å². The van der Waals surface area contributed by atoms with Gasteiger partial charge in [0.25, 0.3) is 5.91 Å². The van der Waals surface area contributed by atoms with Gasteiger partial charge in [-0.1, -0.05) is 47.7 Å². The molecule has 0 radical (unpaired) electrons. The molecule has 0 unspecified atom stereocenters. The number of para-hydroxylation sites is 1. The number of benzene rings is 3. The molecule has 0 spiro atoms. The molecular formula is C40H35N5O5S2. The zero-order valence-electron chi connectivity index (χ0n) is 28.2. The van der Waals surface area contributed by atoms with Crippen LogP contribution in [0.15, 0.2) is 77.7 Å². The maximum atomic E-state index is 14.5. The summed E-state index contributed by atoms with van der Waals surface area (Å²) >= 11 is 1.40. The SMILES string of the molecule is N#Cc1c(-c2ccc(N3CCc4cccc(C(=O)Nc5nc6ccccc6s5)c4C3)nc2C(=O)O)cccc1S(=O)(=O)C12CC3CC(CC(C3)C1)C2. The van der Waals surface area contributed by atoms with Gasteiger partial charge in [-0.2, -0.15) is 5.26 Å². The van der Waals surface area contributed by atoms with Crippen molar-refractivity contribution in [3.05, 3.63) is 101 Å². The number of nitriles is 1. The van der Waals surface area contributed by atoms with Crippen molar-refractivity contribution in [3.8, 4) is 17.2 Å². The topological polar surface area (TPSA) is 153 Å². The second-order valence-corrected chi connectivity index (χ2v) is 18.2. The van der Waals surface area contributed by atoms with E-state index in [-0.39, 0.29) is 33.2 Å². The Morgan fingerprint density at radius 1 is 0.904 bits per heavy atom. The molecule has 4 bridgehead atoms. The molecule has 3 heterocycles. The van der Waals surface area contributed by atoms with Crippen LogP contribution in [0.1, 0.15) is 76.1 Å². The van der Waals surface area contributed by atoms with Crippen LogP contribution in [-0.4, -0.2) is 46.7 Å². The molecule has 2 N–H and O–H groups in total. The monoisotopic (exact) mass is 729 g/mol. The number of carbonyl (C=O) groups excluding carboxylic acids is 1. The Kier molecular flexibility index (Phi) is 7.71. The fourth-order valence-electron chi connectivity index (χ4n) is 9.77. The first-order valence-electron chi connectivity index (χ1n) is 17.7. The molecule has 4 aliphatic carbocycles. The Balaban J connectivity index is 1.03. The number of aromatic carboxylic acids is 1. The fraction of sp³-hybridized carbons (Fsp3) is 0.325. The highest BCUT2D eigenvalue weighted by Crippen LogP contribution is 2.60. The van der Waals surface area contributed by atoms with E-state index >= 15 is 0 Å². The normalized spacial score (nSPS) is 23.3. The third-order valence-electron chi connectivity index (χ3n) is 11.7. The number of nitrogens with zero attached hydrogens (tertiary/aromatic N) is 4. The van der Waals surface area contributed by atoms with Crippen LogP contribution in [0.3, 0.4) is 0 Å². The predicted octanol–water partition coefficient (Wildman–Crippen LogP) is 7.49. The smallest absolute Gasteiger partial charge is 0.355 e. The lowest BCUT2D eigenvalue weighted by Gasteiger charge is -2.55. The van der Waals surface area contributed by atoms with Crippen molar-refractivity contribution in [1.82, 2.24) is 9.97 Å². The zero-order valence-corrected chi connectivity index (χ0v) is 29.8. The molecule has 52 heavy (non-hydrogen) atoms. The van der Waals surface area contributed by atoms with Crippen molar-refractivity contribution < 1.29 is 23.1 Å². The van der Waals surface area contributed by atoms with Crippen molar-refractivity contribution >= 4 is 54.2 Å². The molecule has 3 aromatic carbocycles. The van der Waals surface area contributed by atoms with Gasteiger partial charge in [-0.15, -0.1) is 0 Å². The standard InChI is InChI=1S/C40H35N5O5S2/c41-21-30-27(6-4-10-34(30)52(49,50)40-18-23-15-24(19-40)17-25(16-23)20-40)28-11-12-35(43-36(28)38(47)48)45-14-13-26-5-3-7-29(31(26)22-45)37(46)44-39-42-32-8-1-2-9-33(32)51-39/h1-12,23-25H,13-20,22H2,(H,47,48)(H,42,44,46). The summed E-state index contributed by atoms with van der Waals surface area (Å²) in [5, 5.41) is 24.3. The van der Waals surface area contributed by atoms with Crippen LogP contribution in [0.2, 0.25) is 0 Å². The van der Waals surface area contributed by atoms with Crippen LogP contribution in [-0.2, 0) is 22.8 Å². The summed E-state index contributed by atoms with van der Waals surface area (Å²) in [5.74, 6) is 0.0368. The lowest BCUT2D eigenvalue weighted by atomic mass is 9.56. The number of rotatable bonds is 7. The average Bonchev–Trinajstić information content (AvgIpc) is 3.55. The van der Waals surface area contributed by atoms with E-state index in [0.717, 1.165) is 40.6 Å². The molecule has 5 aromatic rings. The van der Waals surface area contributed by atoms with Crippen molar-refractivity contribution in [2.45, 2.75) is 61.1 Å². The van der Waals surface area contributed by atoms with Crippen LogP contribution in [0, 0.1) is 29.1 Å². The molecule has 12 heteroatoms. The Labute approximate surface area is 305 Å². The molecule has 1 amide bonds. The van der Waals surface area contributed by atoms with E-state index < -0.39 is 20.6 Å². The highest BCUT2D eigenvalue weighted by molar-refractivity contribution is 7.93. The van der Waals surface area contributed by atoms with Gasteiger partial charge in [0.1, 0.15) is 11.9 Å². The summed E-state index contributed by atoms with van der Waals surface area (Å²) in [7, 11) is -3.89. The molecule has 4 fully saturated rings. The van der Waals surface area contributed by atoms with Gasteiger partial charge in [0.2, 0.25) is 0 Å². The van der Waals surface area contributed by atoms with Gasteiger partial charge in [-0.3, -0.25) is 10.1 Å². The minimum absolute atomic E-state index is 0.0147. The second-order valence-electron chi connectivity index (χ2n) is 14.8. The number of anilines is 2. The van der Waals surface area contributed by atoms with E-state index in [1.165, 1.54) is 17.4 Å². The molecular weight excluding hydrogens is 695 g/mol. The maximum Gasteiger partial charge on any atom is 0.355 e. The first-order chi connectivity index (χ1) is 25.1. The van der Waals surface area contributed by atoms with Crippen molar-refractivity contribution in [2.75, 3.05) is 16.8 Å². The molecule has 262 valence electrons. The summed E-state index contributed by atoms with van der Waals surface area (Å²) in [6.07, 6.45) is 5.74. The number of pyridine rings is 1. The number of sulfone groups is 1. The van der Waals surface area contributed by atoms with E-state index in [9.17, 15) is 28.4 Å². The Hall–Kier alpha value is -5.12. The minimum Gasteiger partial charge on any atom is -0.476 e. The van der Waals surface area contributed by atoms with E-state index in [1.54, 1.807) is 30.3 Å². The van der Waals surface area contributed by atoms with Crippen LogP contribution >= 0.6 is 11.3 Å². The number of carboxylic acid groups (broad SMARTS) is 1. The first-order valence-corrected chi connectivity index (χ1v) is 20.0. The first kappa shape index (κ1) is 32.8. The third kappa shape index (κ3) is 5.28. The summed E-state index contributed by atoms with van der Waals surface area (Å²) in [5.41, 5.74) is 3.28. The van der Waals surface area contributed by atoms with Crippen LogP contribution in [0.25, 0.3) is 21.3 Å². The predicted molar refractivity (Wildman–Crippen MR) is 198 cm³/mol. The van der Waals surface area contributed by atoms with E-state index in [1.807, 2.05) is 41.3 Å². The van der Waals surface area contributed by atoms with Gasteiger partial charge in [0.15, 0.2) is 20.7 Å². The number of nitrogens with one attached hydrogen (secondary N) is 1. The molecule has 2 aromatic heterocycles. The van der Waals surface area contributed by atoms with Gasteiger partial charge in [0.05, 0.1) is 25.4 Å². The number of fused-ring (bicyclic) bond motifs is 2. The number of carboxylic acids is 1. The van der Waals surface area contributed by atoms with Crippen LogP contribution in [0.4, 0.5) is 10.9 Å². The largest absolute Gasteiger partial charge is 0.476 e. The number of thiazole rings is 1. The Morgan fingerprint density at radius 2 is 1.63 bits per heavy atom. The van der Waals surface area contributed by atoms with Gasteiger partial charge >= 0.3 is 5.97 Å². The van der Waals surface area contributed by atoms with Gasteiger partial charge in [0, 0.05) is 29.8 Å². The molecule has 0 saturated heterocycles. The quantitative estimate of drug-likeness (QED) is 0.174. The fourth-order valence-corrected chi connectivity index (χ4v) is 13.1. The summed E-state index contributed by atoms with van der Waals surface area (Å²) in [6.45, 7) is 0.871. The van der Waals surface area contributed by atoms with Gasteiger partial charge < -0.3 is 10.0 Å². The number of aromatic nitrogens is 2. The Morgan fingerprint density at radius 3 is 2.35 bits per heavy atom. The number of hydrogen-bond acceptors (Lipinski definition) is 9. The molecule has 4 saturated carbocycles. The van der Waals surface area contributed by atoms with E-state index in [0.29, 0.717) is 73.0 Å². The average molecular weight is 730 g/mol. The summed E-state index contributed by atoms with van der Waals surface area (Å²) in [4.78, 5) is 37.4. The molecule has 10 nitrogen and oxygen atoms in total. The zero-order chi connectivity index (χ0) is 35.8. The van der Waals surface area contributed by atoms with Crippen molar-refractivity contribution in [2.24, 2.45) is 17.8 Å². The van der Waals surface area contributed by atoms with Crippen LogP contribution in [0.5, 0.6) is 0 Å². The molecule has 5 aliphatic rings. The number of carbonyl (C=O) groups is 2. The molecule has 10 rings (SSSR count). The maximum absolute atomic E-state index is 14.5. The highest BCUT2D eigenvalue weighted by Gasteiger charge is 2.58. The lowest BCUT2D eigenvalue weighted by Crippen LogP contribution is -2.54. The highest BCUT2D eigenvalue weighted by atomic mass is 32.2. The molecule has 0 atom stereocenters. The lowest BCUT2D eigenvalue weighted by molar-refractivity contribution is 0.0339. The van der Waals surface area contributed by atoms with E-state index in [2.05, 4.69) is 21.4 Å². The minimum atomic E-state index is -3.89. The van der Waals surface area contributed by atoms with Gasteiger partial charge in [-0.25, -0.2) is 23.2 Å². The van der Waals surface area contributed by atoms with Crippen molar-refractivity contribution in [3.63, 3.8) is 0 Å². The van der Waals surface area contributed by atoms with Crippen molar-refractivity contribution in [1.29, 1.82) is 5.26 Å². The molecule has 1 aliphatic heterocycles. The number of hydrogen-bond donors (Lipinski definition) is 2. The van der Waals surface area contributed by atoms with Gasteiger partial charge in [-0.05, 0) is 110 Å². The van der Waals surface area contributed by atoms with Crippen LogP contribution < -0.4 is 10.2 Å². The third-order valence-corrected chi connectivity index (χ3v) is 15.2. The summed E-state index contributed by atoms with van der Waals surface area (Å²) in [6, 6.07) is 23.5. The Bertz CT molecular complexity index is 2400. The summed E-state index contributed by atoms with van der Waals surface area (Å²) < 4.78 is 29.1. The second kappa shape index (κ2) is 12.2.